The summed E-state index contributed by atoms with van der Waals surface area (Å²) in [5.74, 6) is 0.589. The number of nitrogens with one attached hydrogen (secondary N) is 1. The van der Waals surface area contributed by atoms with Gasteiger partial charge in [-0.25, -0.2) is 14.6 Å². The van der Waals surface area contributed by atoms with Crippen LogP contribution in [-0.4, -0.2) is 83.7 Å². The molecule has 0 saturated heterocycles. The van der Waals surface area contributed by atoms with E-state index in [1.807, 2.05) is 0 Å². The highest BCUT2D eigenvalue weighted by Crippen LogP contribution is 2.19. The molecule has 0 aliphatic rings. The first-order chi connectivity index (χ1) is 17.7. The van der Waals surface area contributed by atoms with Crippen LogP contribution in [0.3, 0.4) is 0 Å². The van der Waals surface area contributed by atoms with Gasteiger partial charge in [0.05, 0.1) is 31.7 Å². The van der Waals surface area contributed by atoms with Gasteiger partial charge in [0, 0.05) is 13.1 Å². The SMILES string of the molecule is C=CCNc1nc(N)nc2c1ncn2CCOCC(OCOC(=O)OC(C)C)OCOC(=O)OC(C)C. The van der Waals surface area contributed by atoms with Gasteiger partial charge in [-0.3, -0.25) is 0 Å². The Kier molecular flexibility index (Phi) is 12.3. The van der Waals surface area contributed by atoms with E-state index in [4.69, 9.17) is 38.9 Å². The fraction of sp³-hybridized carbons (Fsp3) is 0.591. The van der Waals surface area contributed by atoms with Crippen LogP contribution in [0.4, 0.5) is 21.4 Å². The van der Waals surface area contributed by atoms with E-state index in [2.05, 4.69) is 26.8 Å². The van der Waals surface area contributed by atoms with Gasteiger partial charge in [0.2, 0.25) is 5.95 Å². The Bertz CT molecular complexity index is 986. The Balaban J connectivity index is 1.89. The monoisotopic (exact) mass is 526 g/mol. The molecule has 0 aromatic carbocycles. The van der Waals surface area contributed by atoms with Gasteiger partial charge in [-0.2, -0.15) is 9.97 Å². The third kappa shape index (κ3) is 10.8. The minimum atomic E-state index is -1.04. The number of ether oxygens (including phenoxy) is 7. The molecule has 2 aromatic heterocycles. The number of carbonyl (C=O) groups is 2. The maximum absolute atomic E-state index is 11.5. The van der Waals surface area contributed by atoms with Crippen LogP contribution < -0.4 is 11.1 Å². The molecule has 0 aliphatic heterocycles. The number of aromatic nitrogens is 4. The maximum Gasteiger partial charge on any atom is 0.510 e. The summed E-state index contributed by atoms with van der Waals surface area (Å²) in [5, 5.41) is 3.07. The van der Waals surface area contributed by atoms with Crippen molar-refractivity contribution in [3.63, 3.8) is 0 Å². The summed E-state index contributed by atoms with van der Waals surface area (Å²) < 4.78 is 37.5. The number of imidazole rings is 1. The molecule has 0 fully saturated rings. The summed E-state index contributed by atoms with van der Waals surface area (Å²) in [6.45, 7) is 10.4. The summed E-state index contributed by atoms with van der Waals surface area (Å²) in [7, 11) is 0. The van der Waals surface area contributed by atoms with Gasteiger partial charge in [0.1, 0.15) is 0 Å². The van der Waals surface area contributed by atoms with Crippen molar-refractivity contribution in [3.05, 3.63) is 19.0 Å². The van der Waals surface area contributed by atoms with Gasteiger partial charge in [-0.05, 0) is 27.7 Å². The molecule has 0 bridgehead atoms. The van der Waals surface area contributed by atoms with E-state index in [1.165, 1.54) is 0 Å². The van der Waals surface area contributed by atoms with Crippen molar-refractivity contribution < 1.29 is 42.7 Å². The second-order valence-electron chi connectivity index (χ2n) is 7.91. The fourth-order valence-electron chi connectivity index (χ4n) is 2.67. The van der Waals surface area contributed by atoms with Gasteiger partial charge in [-0.15, -0.1) is 6.58 Å². The van der Waals surface area contributed by atoms with E-state index in [-0.39, 0.29) is 31.4 Å². The number of anilines is 2. The number of carbonyl (C=O) groups excluding carboxylic acids is 2. The highest BCUT2D eigenvalue weighted by molar-refractivity contribution is 5.84. The Morgan fingerprint density at radius 3 is 2.27 bits per heavy atom. The lowest BCUT2D eigenvalue weighted by Gasteiger charge is -2.19. The zero-order valence-electron chi connectivity index (χ0n) is 21.4. The summed E-state index contributed by atoms with van der Waals surface area (Å²) in [6.07, 6.45) is -0.261. The summed E-state index contributed by atoms with van der Waals surface area (Å²) in [6, 6.07) is 0. The van der Waals surface area contributed by atoms with Crippen molar-refractivity contribution in [1.82, 2.24) is 19.5 Å². The second kappa shape index (κ2) is 15.4. The van der Waals surface area contributed by atoms with Crippen LogP contribution in [0.15, 0.2) is 19.0 Å². The number of hydrogen-bond acceptors (Lipinski definition) is 14. The van der Waals surface area contributed by atoms with E-state index in [0.717, 1.165) is 0 Å². The largest absolute Gasteiger partial charge is 0.510 e. The highest BCUT2D eigenvalue weighted by atomic mass is 16.8. The molecule has 0 atom stereocenters. The topological polar surface area (TPSA) is 180 Å². The molecule has 206 valence electrons. The molecule has 2 aromatic rings. The number of nitrogen functional groups attached to an aromatic ring is 1. The predicted molar refractivity (Wildman–Crippen MR) is 130 cm³/mol. The van der Waals surface area contributed by atoms with Gasteiger partial charge >= 0.3 is 12.3 Å². The molecule has 0 aliphatic carbocycles. The third-order valence-electron chi connectivity index (χ3n) is 4.15. The van der Waals surface area contributed by atoms with Crippen LogP contribution in [0.25, 0.3) is 11.2 Å². The molecular formula is C22H34N6O9. The summed E-state index contributed by atoms with van der Waals surface area (Å²) in [4.78, 5) is 35.8. The van der Waals surface area contributed by atoms with Gasteiger partial charge < -0.3 is 48.8 Å². The molecule has 15 heteroatoms. The third-order valence-corrected chi connectivity index (χ3v) is 4.15. The van der Waals surface area contributed by atoms with E-state index >= 15 is 0 Å². The van der Waals surface area contributed by atoms with E-state index in [9.17, 15) is 9.59 Å². The minimum absolute atomic E-state index is 0.0823. The van der Waals surface area contributed by atoms with E-state index in [0.29, 0.717) is 30.1 Å². The van der Waals surface area contributed by atoms with Crippen LogP contribution in [0, 0.1) is 0 Å². The lowest BCUT2D eigenvalue weighted by molar-refractivity contribution is -0.233. The van der Waals surface area contributed by atoms with Crippen LogP contribution in [-0.2, 0) is 39.7 Å². The molecule has 0 spiro atoms. The van der Waals surface area contributed by atoms with Crippen molar-refractivity contribution in [2.75, 3.05) is 44.4 Å². The molecule has 15 nitrogen and oxygen atoms in total. The van der Waals surface area contributed by atoms with Crippen molar-refractivity contribution in [3.8, 4) is 0 Å². The number of nitrogens with two attached hydrogens (primary N) is 1. The Morgan fingerprint density at radius 2 is 1.70 bits per heavy atom. The summed E-state index contributed by atoms with van der Waals surface area (Å²) in [5.41, 5.74) is 6.91. The van der Waals surface area contributed by atoms with Gasteiger partial charge in [0.25, 0.3) is 0 Å². The van der Waals surface area contributed by atoms with Crippen molar-refractivity contribution in [2.45, 2.75) is 52.7 Å². The van der Waals surface area contributed by atoms with Gasteiger partial charge in [0.15, 0.2) is 36.9 Å². The van der Waals surface area contributed by atoms with Crippen LogP contribution in [0.2, 0.25) is 0 Å². The van der Waals surface area contributed by atoms with Crippen molar-refractivity contribution >= 4 is 35.2 Å². The zero-order valence-corrected chi connectivity index (χ0v) is 21.4. The van der Waals surface area contributed by atoms with Gasteiger partial charge in [-0.1, -0.05) is 6.08 Å². The Labute approximate surface area is 214 Å². The molecule has 2 rings (SSSR count). The first-order valence-corrected chi connectivity index (χ1v) is 11.5. The molecule has 2 heterocycles. The van der Waals surface area contributed by atoms with E-state index in [1.54, 1.807) is 44.7 Å². The van der Waals surface area contributed by atoms with Crippen LogP contribution >= 0.6 is 0 Å². The number of hydrogen-bond donors (Lipinski definition) is 2. The molecule has 3 N–H and O–H groups in total. The minimum Gasteiger partial charge on any atom is -0.432 e. The molecular weight excluding hydrogens is 492 g/mol. The number of fused-ring (bicyclic) bond motifs is 1. The maximum atomic E-state index is 11.5. The smallest absolute Gasteiger partial charge is 0.432 e. The highest BCUT2D eigenvalue weighted by Gasteiger charge is 2.16. The standard InChI is InChI=1S/C22H34N6O9/c1-6-7-24-18-17-19(27-20(23)26-18)28(11-25-17)8-9-31-10-16(32-12-34-21(29)36-14(2)3)33-13-35-22(30)37-15(4)5/h6,11,14-16H,1,7-10,12-13H2,2-5H3,(H3,23,24,26,27). The Morgan fingerprint density at radius 1 is 1.08 bits per heavy atom. The molecule has 37 heavy (non-hydrogen) atoms. The first kappa shape index (κ1) is 29.5. The number of rotatable bonds is 16. The van der Waals surface area contributed by atoms with Crippen LogP contribution in [0.1, 0.15) is 27.7 Å². The average Bonchev–Trinajstić information content (AvgIpc) is 3.21. The molecule has 0 radical (unpaired) electrons. The van der Waals surface area contributed by atoms with Crippen molar-refractivity contribution in [1.29, 1.82) is 0 Å². The molecule has 0 saturated carbocycles. The Hall–Kier alpha value is -3.69. The zero-order chi connectivity index (χ0) is 27.2. The lowest BCUT2D eigenvalue weighted by atomic mass is 10.4. The second-order valence-corrected chi connectivity index (χ2v) is 7.91. The lowest BCUT2D eigenvalue weighted by Crippen LogP contribution is -2.28. The number of nitrogens with zero attached hydrogens (tertiary/aromatic N) is 4. The molecule has 0 unspecified atom stereocenters. The normalized spacial score (nSPS) is 11.2. The van der Waals surface area contributed by atoms with Crippen LogP contribution in [0.5, 0.6) is 0 Å². The summed E-state index contributed by atoms with van der Waals surface area (Å²) >= 11 is 0. The first-order valence-electron chi connectivity index (χ1n) is 11.5. The quantitative estimate of drug-likeness (QED) is 0.141. The fourth-order valence-corrected chi connectivity index (χ4v) is 2.67. The average molecular weight is 527 g/mol. The molecule has 0 amide bonds. The van der Waals surface area contributed by atoms with E-state index < -0.39 is 32.2 Å². The predicted octanol–water partition coefficient (Wildman–Crippen LogP) is 2.42. The van der Waals surface area contributed by atoms with Crippen molar-refractivity contribution in [2.24, 2.45) is 0 Å².